The Morgan fingerprint density at radius 2 is 2.00 bits per heavy atom. The van der Waals surface area contributed by atoms with E-state index in [1.54, 1.807) is 30.3 Å². The van der Waals surface area contributed by atoms with Crippen molar-refractivity contribution in [3.8, 4) is 0 Å². The van der Waals surface area contributed by atoms with Gasteiger partial charge in [0.1, 0.15) is 5.82 Å². The van der Waals surface area contributed by atoms with Crippen molar-refractivity contribution in [1.82, 2.24) is 4.72 Å². The van der Waals surface area contributed by atoms with Crippen LogP contribution in [0.3, 0.4) is 0 Å². The molecule has 3 rings (SSSR count). The molecule has 0 radical (unpaired) electrons. The summed E-state index contributed by atoms with van der Waals surface area (Å²) >= 11 is 4.70. The molecule has 0 spiro atoms. The second-order valence-corrected chi connectivity index (χ2v) is 8.66. The van der Waals surface area contributed by atoms with Crippen LogP contribution in [0, 0.1) is 5.82 Å². The maximum atomic E-state index is 13.8. The van der Waals surface area contributed by atoms with Gasteiger partial charge in [-0.1, -0.05) is 34.1 Å². The molecule has 0 saturated carbocycles. The second-order valence-electron chi connectivity index (χ2n) is 4.93. The fourth-order valence-electron chi connectivity index (χ4n) is 2.40. The average Bonchev–Trinajstić information content (AvgIpc) is 2.48. The van der Waals surface area contributed by atoms with Gasteiger partial charge in [-0.15, -0.1) is 11.8 Å². The molecule has 0 unspecified atom stereocenters. The summed E-state index contributed by atoms with van der Waals surface area (Å²) in [5.41, 5.74) is 0.704. The quantitative estimate of drug-likeness (QED) is 0.841. The van der Waals surface area contributed by atoms with Crippen LogP contribution in [0.4, 0.5) is 4.39 Å². The van der Waals surface area contributed by atoms with Gasteiger partial charge < -0.3 is 0 Å². The van der Waals surface area contributed by atoms with Gasteiger partial charge in [-0.3, -0.25) is 0 Å². The lowest BCUT2D eigenvalue weighted by Crippen LogP contribution is -2.31. The maximum absolute atomic E-state index is 13.8. The molecule has 1 N–H and O–H groups in total. The highest BCUT2D eigenvalue weighted by molar-refractivity contribution is 9.10. The fourth-order valence-corrected chi connectivity index (χ4v) is 5.39. The van der Waals surface area contributed by atoms with Crippen LogP contribution in [0.2, 0.25) is 0 Å². The lowest BCUT2D eigenvalue weighted by atomic mass is 10.0. The highest BCUT2D eigenvalue weighted by Gasteiger charge is 2.27. The molecule has 0 bridgehead atoms. The summed E-state index contributed by atoms with van der Waals surface area (Å²) in [6, 6.07) is 10.9. The molecular formula is C15H13BrFNO2S2. The van der Waals surface area contributed by atoms with Crippen LogP contribution in [-0.4, -0.2) is 14.2 Å². The number of sulfonamides is 1. The number of thioether (sulfide) groups is 1. The van der Waals surface area contributed by atoms with Gasteiger partial charge in [0.15, 0.2) is 0 Å². The number of rotatable bonds is 3. The molecule has 7 heteroatoms. The summed E-state index contributed by atoms with van der Waals surface area (Å²) in [4.78, 5) is 0.730. The smallest absolute Gasteiger partial charge is 0.207 e. The molecule has 1 atom stereocenters. The predicted octanol–water partition coefficient (Wildman–Crippen LogP) is 4.10. The Morgan fingerprint density at radius 3 is 2.77 bits per heavy atom. The van der Waals surface area contributed by atoms with Crippen LogP contribution in [0.15, 0.2) is 56.7 Å². The SMILES string of the molecule is O=S(=O)(N[C@@H]1CCSc2c(F)cccc21)c1cccc(Br)c1. The van der Waals surface area contributed by atoms with E-state index in [0.717, 1.165) is 0 Å². The van der Waals surface area contributed by atoms with Gasteiger partial charge in [-0.25, -0.2) is 17.5 Å². The first-order valence-corrected chi connectivity index (χ1v) is 9.93. The van der Waals surface area contributed by atoms with E-state index in [2.05, 4.69) is 20.7 Å². The molecule has 0 aliphatic carbocycles. The van der Waals surface area contributed by atoms with E-state index < -0.39 is 16.1 Å². The molecule has 1 aliphatic heterocycles. The van der Waals surface area contributed by atoms with E-state index >= 15 is 0 Å². The van der Waals surface area contributed by atoms with Crippen molar-refractivity contribution in [3.05, 3.63) is 58.3 Å². The second kappa shape index (κ2) is 6.31. The summed E-state index contributed by atoms with van der Waals surface area (Å²) in [7, 11) is -3.65. The van der Waals surface area contributed by atoms with E-state index in [1.165, 1.54) is 23.9 Å². The first-order chi connectivity index (χ1) is 10.5. The van der Waals surface area contributed by atoms with Gasteiger partial charge in [0.05, 0.1) is 4.90 Å². The molecule has 3 nitrogen and oxygen atoms in total. The van der Waals surface area contributed by atoms with E-state index in [-0.39, 0.29) is 10.7 Å². The van der Waals surface area contributed by atoms with Crippen LogP contribution in [-0.2, 0) is 10.0 Å². The van der Waals surface area contributed by atoms with Gasteiger partial charge in [-0.2, -0.15) is 0 Å². The van der Waals surface area contributed by atoms with Crippen molar-refractivity contribution in [1.29, 1.82) is 0 Å². The number of halogens is 2. The molecule has 2 aromatic rings. The summed E-state index contributed by atoms with van der Waals surface area (Å²) in [6.45, 7) is 0. The number of fused-ring (bicyclic) bond motifs is 1. The minimum Gasteiger partial charge on any atom is -0.207 e. The van der Waals surface area contributed by atoms with Crippen LogP contribution in [0.25, 0.3) is 0 Å². The molecule has 0 saturated heterocycles. The topological polar surface area (TPSA) is 46.2 Å². The van der Waals surface area contributed by atoms with Gasteiger partial charge in [-0.05, 0) is 42.0 Å². The molecule has 0 aromatic heterocycles. The zero-order chi connectivity index (χ0) is 15.7. The summed E-state index contributed by atoms with van der Waals surface area (Å²) in [6.07, 6.45) is 0.633. The average molecular weight is 402 g/mol. The first-order valence-electron chi connectivity index (χ1n) is 6.66. The molecule has 22 heavy (non-hydrogen) atoms. The van der Waals surface area contributed by atoms with Crippen molar-refractivity contribution in [2.45, 2.75) is 22.3 Å². The maximum Gasteiger partial charge on any atom is 0.241 e. The third-order valence-electron chi connectivity index (χ3n) is 3.43. The number of hydrogen-bond acceptors (Lipinski definition) is 3. The van der Waals surface area contributed by atoms with Gasteiger partial charge in [0.2, 0.25) is 10.0 Å². The Labute approximate surface area is 141 Å². The molecule has 1 aliphatic rings. The zero-order valence-corrected chi connectivity index (χ0v) is 14.6. The van der Waals surface area contributed by atoms with Crippen LogP contribution in [0.5, 0.6) is 0 Å². The van der Waals surface area contributed by atoms with Crippen molar-refractivity contribution in [2.24, 2.45) is 0 Å². The largest absolute Gasteiger partial charge is 0.241 e. The van der Waals surface area contributed by atoms with E-state index in [9.17, 15) is 12.8 Å². The Hall–Kier alpha value is -0.890. The van der Waals surface area contributed by atoms with Crippen molar-refractivity contribution < 1.29 is 12.8 Å². The van der Waals surface area contributed by atoms with Crippen molar-refractivity contribution >= 4 is 37.7 Å². The molecule has 2 aromatic carbocycles. The highest BCUT2D eigenvalue weighted by atomic mass is 79.9. The number of benzene rings is 2. The molecular weight excluding hydrogens is 389 g/mol. The highest BCUT2D eigenvalue weighted by Crippen LogP contribution is 2.38. The summed E-state index contributed by atoms with van der Waals surface area (Å²) in [5, 5.41) is 0. The minimum absolute atomic E-state index is 0.193. The Bertz CT molecular complexity index is 811. The molecule has 0 fully saturated rings. The normalized spacial score (nSPS) is 18.0. The third kappa shape index (κ3) is 3.22. The predicted molar refractivity (Wildman–Crippen MR) is 88.9 cm³/mol. The van der Waals surface area contributed by atoms with Crippen molar-refractivity contribution in [3.63, 3.8) is 0 Å². The zero-order valence-electron chi connectivity index (χ0n) is 11.4. The molecule has 0 amide bonds. The molecule has 116 valence electrons. The summed E-state index contributed by atoms with van der Waals surface area (Å²) < 4.78 is 42.3. The number of hydrogen-bond donors (Lipinski definition) is 1. The van der Waals surface area contributed by atoms with Gasteiger partial charge in [0.25, 0.3) is 0 Å². The standard InChI is InChI=1S/C15H13BrFNO2S2/c16-10-3-1-4-11(9-10)22(19,20)18-14-7-8-21-15-12(14)5-2-6-13(15)17/h1-6,9,14,18H,7-8H2/t14-/m1/s1. The van der Waals surface area contributed by atoms with Gasteiger partial charge >= 0.3 is 0 Å². The third-order valence-corrected chi connectivity index (χ3v) is 6.55. The molecule has 1 heterocycles. The van der Waals surface area contributed by atoms with Crippen LogP contribution < -0.4 is 4.72 Å². The van der Waals surface area contributed by atoms with E-state index in [4.69, 9.17) is 0 Å². The fraction of sp³-hybridized carbons (Fsp3) is 0.200. The lowest BCUT2D eigenvalue weighted by Gasteiger charge is -2.26. The van der Waals surface area contributed by atoms with Crippen LogP contribution >= 0.6 is 27.7 Å². The monoisotopic (exact) mass is 401 g/mol. The first kappa shape index (κ1) is 16.0. The van der Waals surface area contributed by atoms with E-state index in [1.807, 2.05) is 0 Å². The lowest BCUT2D eigenvalue weighted by molar-refractivity contribution is 0.533. The Morgan fingerprint density at radius 1 is 1.23 bits per heavy atom. The number of nitrogens with one attached hydrogen (secondary N) is 1. The summed E-state index contributed by atoms with van der Waals surface area (Å²) in [5.74, 6) is 0.383. The van der Waals surface area contributed by atoms with E-state index in [0.29, 0.717) is 27.1 Å². The minimum atomic E-state index is -3.65. The Kier molecular flexibility index (Phi) is 4.59. The van der Waals surface area contributed by atoms with Crippen LogP contribution in [0.1, 0.15) is 18.0 Å². The Balaban J connectivity index is 1.93. The van der Waals surface area contributed by atoms with Gasteiger partial charge in [0, 0.05) is 15.4 Å². The van der Waals surface area contributed by atoms with Crippen molar-refractivity contribution in [2.75, 3.05) is 5.75 Å².